The molecule has 244 valence electrons. The maximum Gasteiger partial charge on any atom is 0.412 e. The number of halogens is 3. The average Bonchev–Trinajstić information content (AvgIpc) is 2.93. The lowest BCUT2D eigenvalue weighted by Crippen LogP contribution is -2.67. The molecule has 0 aliphatic heterocycles. The van der Waals surface area contributed by atoms with Crippen LogP contribution in [0.3, 0.4) is 0 Å². The number of amides is 2. The van der Waals surface area contributed by atoms with Crippen molar-refractivity contribution in [3.63, 3.8) is 0 Å². The average molecular weight is 648 g/mol. The Kier molecular flexibility index (Phi) is 11.3. The number of nitrogens with one attached hydrogen (secondary N) is 2. The number of hydrogen-bond acceptors (Lipinski definition) is 7. The third kappa shape index (κ3) is 9.00. The van der Waals surface area contributed by atoms with Gasteiger partial charge < -0.3 is 14.5 Å². The Morgan fingerprint density at radius 2 is 1.64 bits per heavy atom. The van der Waals surface area contributed by atoms with Crippen LogP contribution in [0.4, 0.5) is 23.7 Å². The monoisotopic (exact) mass is 647 g/mol. The number of alkyl halides is 3. The summed E-state index contributed by atoms with van der Waals surface area (Å²) in [6, 6.07) is 11.8. The molecule has 3 rings (SSSR count). The second kappa shape index (κ2) is 14.4. The molecule has 45 heavy (non-hydrogen) atoms. The minimum absolute atomic E-state index is 0.0731. The maximum atomic E-state index is 14.8. The lowest BCUT2D eigenvalue weighted by Gasteiger charge is -2.51. The highest BCUT2D eigenvalue weighted by Gasteiger charge is 2.61. The second-order valence-electron chi connectivity index (χ2n) is 12.3. The molecule has 1 aromatic carbocycles. The standard InChI is InChI=1S/C31H40F3N5O5Si/c1-20(2)30(44-45(6)7,27(29(3,4)5)31(32,33)34)38-24(40)18-39-25(22-11-9-8-10-12-22)36-17-23(26(39)41)37-28(42)43-19-21-13-15-35-16-14-21/h8-17,20,27,45H,18-19H2,1-7H3,(H,37,42)(H,38,40). The van der Waals surface area contributed by atoms with Crippen molar-refractivity contribution in [2.75, 3.05) is 5.32 Å². The smallest absolute Gasteiger partial charge is 0.412 e. The fourth-order valence-electron chi connectivity index (χ4n) is 5.27. The lowest BCUT2D eigenvalue weighted by molar-refractivity contribution is -0.265. The number of anilines is 1. The van der Waals surface area contributed by atoms with E-state index in [-0.39, 0.29) is 18.1 Å². The van der Waals surface area contributed by atoms with E-state index in [0.29, 0.717) is 11.1 Å². The molecular formula is C31H40F3N5O5Si. The second-order valence-corrected chi connectivity index (χ2v) is 14.6. The Morgan fingerprint density at radius 3 is 2.18 bits per heavy atom. The van der Waals surface area contributed by atoms with Crippen LogP contribution in [-0.4, -0.2) is 47.5 Å². The summed E-state index contributed by atoms with van der Waals surface area (Å²) in [5.41, 5.74) is -3.43. The topological polar surface area (TPSA) is 124 Å². The van der Waals surface area contributed by atoms with Gasteiger partial charge in [0.1, 0.15) is 36.3 Å². The molecule has 3 aromatic rings. The zero-order valence-corrected chi connectivity index (χ0v) is 27.6. The summed E-state index contributed by atoms with van der Waals surface area (Å²) in [6.45, 7) is 10.1. The third-order valence-electron chi connectivity index (χ3n) is 6.98. The van der Waals surface area contributed by atoms with Crippen LogP contribution in [0.2, 0.25) is 13.1 Å². The first-order valence-electron chi connectivity index (χ1n) is 14.5. The summed E-state index contributed by atoms with van der Waals surface area (Å²) >= 11 is 0. The highest BCUT2D eigenvalue weighted by molar-refractivity contribution is 6.48. The number of carbonyl (C=O) groups is 2. The summed E-state index contributed by atoms with van der Waals surface area (Å²) in [5.74, 6) is -3.70. The predicted octanol–water partition coefficient (Wildman–Crippen LogP) is 5.75. The number of aromatic nitrogens is 3. The van der Waals surface area contributed by atoms with Crippen LogP contribution in [-0.2, 0) is 27.1 Å². The number of benzene rings is 1. The number of nitrogens with zero attached hydrogens (tertiary/aromatic N) is 3. The molecule has 0 radical (unpaired) electrons. The van der Waals surface area contributed by atoms with E-state index < -0.39 is 62.3 Å². The first kappa shape index (κ1) is 35.4. The van der Waals surface area contributed by atoms with E-state index in [1.54, 1.807) is 69.4 Å². The van der Waals surface area contributed by atoms with Crippen molar-refractivity contribution in [1.82, 2.24) is 19.9 Å². The van der Waals surface area contributed by atoms with Gasteiger partial charge in [0, 0.05) is 23.9 Å². The molecule has 0 aliphatic rings. The van der Waals surface area contributed by atoms with E-state index in [9.17, 15) is 27.6 Å². The molecule has 2 atom stereocenters. The number of ether oxygens (including phenoxy) is 1. The lowest BCUT2D eigenvalue weighted by atomic mass is 9.70. The zero-order chi connectivity index (χ0) is 33.6. The Balaban J connectivity index is 2.03. The Morgan fingerprint density at radius 1 is 1.02 bits per heavy atom. The van der Waals surface area contributed by atoms with Crippen LogP contribution >= 0.6 is 0 Å². The van der Waals surface area contributed by atoms with Gasteiger partial charge in [-0.15, -0.1) is 0 Å². The first-order chi connectivity index (χ1) is 21.0. The highest BCUT2D eigenvalue weighted by Crippen LogP contribution is 2.49. The molecule has 10 nitrogen and oxygen atoms in total. The van der Waals surface area contributed by atoms with Gasteiger partial charge in [-0.2, -0.15) is 13.2 Å². The summed E-state index contributed by atoms with van der Waals surface area (Å²) in [7, 11) is -2.18. The third-order valence-corrected chi connectivity index (χ3v) is 7.84. The van der Waals surface area contributed by atoms with Gasteiger partial charge in [-0.05, 0) is 36.2 Å². The fourth-order valence-corrected chi connectivity index (χ4v) is 6.52. The van der Waals surface area contributed by atoms with Gasteiger partial charge in [-0.3, -0.25) is 24.5 Å². The van der Waals surface area contributed by atoms with Gasteiger partial charge in [0.25, 0.3) is 5.56 Å². The summed E-state index contributed by atoms with van der Waals surface area (Å²) in [6.07, 6.45) is -1.47. The minimum atomic E-state index is -4.73. The van der Waals surface area contributed by atoms with Crippen molar-refractivity contribution in [2.24, 2.45) is 17.3 Å². The van der Waals surface area contributed by atoms with E-state index in [4.69, 9.17) is 9.16 Å². The fraction of sp³-hybridized carbons (Fsp3) is 0.452. The molecule has 2 unspecified atom stereocenters. The van der Waals surface area contributed by atoms with E-state index in [1.807, 2.05) is 0 Å². The van der Waals surface area contributed by atoms with Gasteiger partial charge in [-0.1, -0.05) is 65.0 Å². The molecular weight excluding hydrogens is 607 g/mol. The Hall–Kier alpha value is -4.04. The van der Waals surface area contributed by atoms with Crippen molar-refractivity contribution < 1.29 is 31.9 Å². The number of hydrogen-bond donors (Lipinski definition) is 2. The summed E-state index contributed by atoms with van der Waals surface area (Å²) in [4.78, 5) is 48.2. The van der Waals surface area contributed by atoms with Gasteiger partial charge in [0.2, 0.25) is 5.91 Å². The number of pyridine rings is 1. The Bertz CT molecular complexity index is 1500. The van der Waals surface area contributed by atoms with Crippen LogP contribution < -0.4 is 16.2 Å². The minimum Gasteiger partial charge on any atom is -0.444 e. The van der Waals surface area contributed by atoms with Crippen LogP contribution in [0, 0.1) is 17.3 Å². The van der Waals surface area contributed by atoms with E-state index in [0.717, 1.165) is 10.8 Å². The van der Waals surface area contributed by atoms with Gasteiger partial charge >= 0.3 is 12.3 Å². The molecule has 0 spiro atoms. The first-order valence-corrected chi connectivity index (χ1v) is 17.3. The zero-order valence-electron chi connectivity index (χ0n) is 26.4. The largest absolute Gasteiger partial charge is 0.444 e. The molecule has 0 aliphatic carbocycles. The molecule has 0 fully saturated rings. The van der Waals surface area contributed by atoms with E-state index >= 15 is 0 Å². The normalized spacial score (nSPS) is 14.1. The molecule has 2 amide bonds. The molecule has 2 aromatic heterocycles. The van der Waals surface area contributed by atoms with Gasteiger partial charge in [0.15, 0.2) is 9.04 Å². The number of rotatable bonds is 11. The van der Waals surface area contributed by atoms with Crippen molar-refractivity contribution in [1.29, 1.82) is 0 Å². The van der Waals surface area contributed by atoms with Crippen LogP contribution in [0.1, 0.15) is 40.2 Å². The molecule has 14 heteroatoms. The quantitative estimate of drug-likeness (QED) is 0.201. The summed E-state index contributed by atoms with van der Waals surface area (Å²) in [5, 5.41) is 4.93. The van der Waals surface area contributed by atoms with Gasteiger partial charge in [-0.25, -0.2) is 9.78 Å². The maximum absolute atomic E-state index is 14.8. The summed E-state index contributed by atoms with van der Waals surface area (Å²) < 4.78 is 56.6. The van der Waals surface area contributed by atoms with Crippen molar-refractivity contribution in [3.05, 3.63) is 77.0 Å². The van der Waals surface area contributed by atoms with Crippen LogP contribution in [0.25, 0.3) is 11.4 Å². The molecule has 2 N–H and O–H groups in total. The number of carbonyl (C=O) groups excluding carboxylic acids is 2. The molecule has 0 saturated carbocycles. The van der Waals surface area contributed by atoms with Crippen LogP contribution in [0.15, 0.2) is 65.8 Å². The predicted molar refractivity (Wildman–Crippen MR) is 167 cm³/mol. The van der Waals surface area contributed by atoms with Crippen molar-refractivity contribution >= 4 is 26.7 Å². The SMILES string of the molecule is CC(C)C(NC(=O)Cn1c(-c2ccccc2)ncc(NC(=O)OCc2ccncc2)c1=O)(O[SiH](C)C)C(C(C)(C)C)C(F)(F)F. The van der Waals surface area contributed by atoms with E-state index in [2.05, 4.69) is 20.6 Å². The Labute approximate surface area is 262 Å². The molecule has 0 saturated heterocycles. The van der Waals surface area contributed by atoms with Crippen molar-refractivity contribution in [3.8, 4) is 11.4 Å². The molecule has 0 bridgehead atoms. The van der Waals surface area contributed by atoms with Gasteiger partial charge in [0.05, 0.1) is 6.20 Å². The highest BCUT2D eigenvalue weighted by atomic mass is 28.3. The molecule has 2 heterocycles. The van der Waals surface area contributed by atoms with Crippen molar-refractivity contribution in [2.45, 2.75) is 72.8 Å². The van der Waals surface area contributed by atoms with Crippen LogP contribution in [0.5, 0.6) is 0 Å². The van der Waals surface area contributed by atoms with E-state index in [1.165, 1.54) is 33.2 Å².